The summed E-state index contributed by atoms with van der Waals surface area (Å²) in [4.78, 5) is 1.86. The van der Waals surface area contributed by atoms with Crippen molar-refractivity contribution in [2.75, 3.05) is 18.0 Å². The molecule has 0 radical (unpaired) electrons. The van der Waals surface area contributed by atoms with Gasteiger partial charge in [0.1, 0.15) is 5.75 Å². The Morgan fingerprint density at radius 1 is 1.06 bits per heavy atom. The predicted molar refractivity (Wildman–Crippen MR) is 65.9 cm³/mol. The Kier molecular flexibility index (Phi) is 4.87. The molecule has 0 heterocycles. The van der Waals surface area contributed by atoms with E-state index in [9.17, 15) is 18.3 Å². The molecule has 0 fully saturated rings. The minimum absolute atomic E-state index is 0.350. The maximum atomic E-state index is 12.7. The topological polar surface area (TPSA) is 23.5 Å². The third-order valence-corrected chi connectivity index (χ3v) is 2.58. The first kappa shape index (κ1) is 14.7. The SMILES string of the molecule is CCCN(CCC)c1cc(O)cc(C(F)(F)F)c1. The highest BCUT2D eigenvalue weighted by Gasteiger charge is 2.31. The molecule has 0 aliphatic carbocycles. The molecule has 0 amide bonds. The summed E-state index contributed by atoms with van der Waals surface area (Å²) in [5.41, 5.74) is -0.388. The molecule has 0 spiro atoms. The number of benzene rings is 1. The van der Waals surface area contributed by atoms with Crippen molar-refractivity contribution in [3.63, 3.8) is 0 Å². The number of rotatable bonds is 5. The molecule has 1 N–H and O–H groups in total. The van der Waals surface area contributed by atoms with Gasteiger partial charge in [0.15, 0.2) is 0 Å². The average molecular weight is 261 g/mol. The van der Waals surface area contributed by atoms with Crippen LogP contribution in [-0.4, -0.2) is 18.2 Å². The molecule has 0 aliphatic rings. The normalized spacial score (nSPS) is 11.6. The second-order valence-corrected chi connectivity index (χ2v) is 4.22. The van der Waals surface area contributed by atoms with Crippen LogP contribution in [0, 0.1) is 0 Å². The fourth-order valence-corrected chi connectivity index (χ4v) is 1.85. The van der Waals surface area contributed by atoms with Crippen molar-refractivity contribution >= 4 is 5.69 Å². The molecular weight excluding hydrogens is 243 g/mol. The molecule has 0 saturated carbocycles. The van der Waals surface area contributed by atoms with E-state index < -0.39 is 11.7 Å². The highest BCUT2D eigenvalue weighted by Crippen LogP contribution is 2.34. The predicted octanol–water partition coefficient (Wildman–Crippen LogP) is 4.04. The van der Waals surface area contributed by atoms with Gasteiger partial charge in [0.05, 0.1) is 5.56 Å². The summed E-state index contributed by atoms with van der Waals surface area (Å²) in [6.07, 6.45) is -2.74. The molecule has 0 aliphatic heterocycles. The molecule has 102 valence electrons. The third-order valence-electron chi connectivity index (χ3n) is 2.58. The summed E-state index contributed by atoms with van der Waals surface area (Å²) in [7, 11) is 0. The standard InChI is InChI=1S/C13H18F3NO/c1-3-5-17(6-4-2)11-7-10(13(14,15)16)8-12(18)9-11/h7-9,18H,3-6H2,1-2H3. The van der Waals surface area contributed by atoms with Gasteiger partial charge in [-0.3, -0.25) is 0 Å². The quantitative estimate of drug-likeness (QED) is 0.864. The van der Waals surface area contributed by atoms with Gasteiger partial charge in [0.25, 0.3) is 0 Å². The zero-order valence-electron chi connectivity index (χ0n) is 10.6. The largest absolute Gasteiger partial charge is 0.508 e. The fourth-order valence-electron chi connectivity index (χ4n) is 1.85. The lowest BCUT2D eigenvalue weighted by molar-refractivity contribution is -0.137. The Morgan fingerprint density at radius 2 is 1.61 bits per heavy atom. The maximum Gasteiger partial charge on any atom is 0.416 e. The summed E-state index contributed by atoms with van der Waals surface area (Å²) < 4.78 is 38.0. The lowest BCUT2D eigenvalue weighted by atomic mass is 10.1. The van der Waals surface area contributed by atoms with Gasteiger partial charge in [0.2, 0.25) is 0 Å². The molecule has 0 saturated heterocycles. The molecular formula is C13H18F3NO. The van der Waals surface area contributed by atoms with Crippen molar-refractivity contribution in [3.05, 3.63) is 23.8 Å². The lowest BCUT2D eigenvalue weighted by Gasteiger charge is -2.24. The highest BCUT2D eigenvalue weighted by atomic mass is 19.4. The summed E-state index contributed by atoms with van der Waals surface area (Å²) in [5, 5.41) is 9.42. The number of alkyl halides is 3. The van der Waals surface area contributed by atoms with Gasteiger partial charge >= 0.3 is 6.18 Å². The van der Waals surface area contributed by atoms with Gasteiger partial charge < -0.3 is 10.0 Å². The van der Waals surface area contributed by atoms with E-state index in [2.05, 4.69) is 0 Å². The summed E-state index contributed by atoms with van der Waals surface area (Å²) in [6, 6.07) is 3.21. The summed E-state index contributed by atoms with van der Waals surface area (Å²) in [5.74, 6) is -0.350. The zero-order chi connectivity index (χ0) is 13.8. The smallest absolute Gasteiger partial charge is 0.416 e. The summed E-state index contributed by atoms with van der Waals surface area (Å²) >= 11 is 0. The van der Waals surface area contributed by atoms with E-state index in [0.29, 0.717) is 18.8 Å². The summed E-state index contributed by atoms with van der Waals surface area (Å²) in [6.45, 7) is 5.29. The first-order valence-electron chi connectivity index (χ1n) is 6.04. The number of anilines is 1. The third kappa shape index (κ3) is 3.82. The number of hydrogen-bond acceptors (Lipinski definition) is 2. The number of aromatic hydroxyl groups is 1. The van der Waals surface area contributed by atoms with E-state index >= 15 is 0 Å². The van der Waals surface area contributed by atoms with E-state index in [1.165, 1.54) is 6.07 Å². The Balaban J connectivity index is 3.10. The number of phenols is 1. The lowest BCUT2D eigenvalue weighted by Crippen LogP contribution is -2.25. The molecule has 1 aromatic carbocycles. The molecule has 1 rings (SSSR count). The van der Waals surface area contributed by atoms with E-state index in [-0.39, 0.29) is 5.75 Å². The Bertz CT molecular complexity index is 384. The fraction of sp³-hybridized carbons (Fsp3) is 0.538. The molecule has 1 aromatic rings. The minimum atomic E-state index is -4.43. The number of hydrogen-bond donors (Lipinski definition) is 1. The molecule has 0 bridgehead atoms. The molecule has 0 unspecified atom stereocenters. The van der Waals surface area contributed by atoms with Crippen LogP contribution in [0.15, 0.2) is 18.2 Å². The van der Waals surface area contributed by atoms with Crippen molar-refractivity contribution in [1.82, 2.24) is 0 Å². The molecule has 0 atom stereocenters. The first-order chi connectivity index (χ1) is 8.38. The van der Waals surface area contributed by atoms with Crippen molar-refractivity contribution in [2.45, 2.75) is 32.9 Å². The second kappa shape index (κ2) is 5.98. The Labute approximate surface area is 105 Å². The van der Waals surface area contributed by atoms with E-state index in [1.54, 1.807) is 0 Å². The van der Waals surface area contributed by atoms with Gasteiger partial charge in [-0.2, -0.15) is 13.2 Å². The Morgan fingerprint density at radius 3 is 2.06 bits per heavy atom. The van der Waals surface area contributed by atoms with Crippen LogP contribution in [0.3, 0.4) is 0 Å². The van der Waals surface area contributed by atoms with Gasteiger partial charge in [-0.15, -0.1) is 0 Å². The van der Waals surface area contributed by atoms with Crippen molar-refractivity contribution in [2.24, 2.45) is 0 Å². The van der Waals surface area contributed by atoms with Gasteiger partial charge in [-0.1, -0.05) is 13.8 Å². The van der Waals surface area contributed by atoms with Crippen LogP contribution >= 0.6 is 0 Å². The van der Waals surface area contributed by atoms with Crippen LogP contribution < -0.4 is 4.90 Å². The van der Waals surface area contributed by atoms with Gasteiger partial charge in [-0.05, 0) is 25.0 Å². The van der Waals surface area contributed by atoms with Gasteiger partial charge in [-0.25, -0.2) is 0 Å². The van der Waals surface area contributed by atoms with E-state index in [4.69, 9.17) is 0 Å². The van der Waals surface area contributed by atoms with Crippen LogP contribution in [0.5, 0.6) is 5.75 Å². The van der Waals surface area contributed by atoms with Crippen LogP contribution in [0.2, 0.25) is 0 Å². The van der Waals surface area contributed by atoms with Crippen molar-refractivity contribution in [3.8, 4) is 5.75 Å². The zero-order valence-corrected chi connectivity index (χ0v) is 10.6. The molecule has 5 heteroatoms. The Hall–Kier alpha value is -1.39. The maximum absolute atomic E-state index is 12.7. The highest BCUT2D eigenvalue weighted by molar-refractivity contribution is 5.53. The monoisotopic (exact) mass is 261 g/mol. The first-order valence-corrected chi connectivity index (χ1v) is 6.04. The molecule has 2 nitrogen and oxygen atoms in total. The van der Waals surface area contributed by atoms with Gasteiger partial charge in [0, 0.05) is 24.8 Å². The van der Waals surface area contributed by atoms with Crippen LogP contribution in [0.25, 0.3) is 0 Å². The molecule has 18 heavy (non-hydrogen) atoms. The van der Waals surface area contributed by atoms with Crippen molar-refractivity contribution < 1.29 is 18.3 Å². The average Bonchev–Trinajstić information content (AvgIpc) is 2.27. The number of halogens is 3. The van der Waals surface area contributed by atoms with E-state index in [1.807, 2.05) is 18.7 Å². The van der Waals surface area contributed by atoms with Crippen molar-refractivity contribution in [1.29, 1.82) is 0 Å². The minimum Gasteiger partial charge on any atom is -0.508 e. The molecule has 0 aromatic heterocycles. The van der Waals surface area contributed by atoms with Crippen LogP contribution in [0.4, 0.5) is 18.9 Å². The van der Waals surface area contributed by atoms with E-state index in [0.717, 1.165) is 25.0 Å². The van der Waals surface area contributed by atoms with Crippen LogP contribution in [0.1, 0.15) is 32.3 Å². The number of phenolic OH excluding ortho intramolecular Hbond substituents is 1. The second-order valence-electron chi connectivity index (χ2n) is 4.22. The van der Waals surface area contributed by atoms with Crippen LogP contribution in [-0.2, 0) is 6.18 Å². The number of nitrogens with zero attached hydrogens (tertiary/aromatic N) is 1.